The molecule has 0 unspecified atom stereocenters. The van der Waals surface area contributed by atoms with Crippen LogP contribution in [0.15, 0.2) is 30.5 Å². The van der Waals surface area contributed by atoms with Gasteiger partial charge in [0.05, 0.1) is 11.9 Å². The smallest absolute Gasteiger partial charge is 0.133 e. The highest BCUT2D eigenvalue weighted by Crippen LogP contribution is 2.53. The molecule has 220 valence electrons. The molecule has 3 aliphatic rings. The van der Waals surface area contributed by atoms with Crippen LogP contribution in [0.25, 0.3) is 11.3 Å². The van der Waals surface area contributed by atoms with Crippen LogP contribution in [0.5, 0.6) is 0 Å². The van der Waals surface area contributed by atoms with Crippen LogP contribution < -0.4 is 5.73 Å². The van der Waals surface area contributed by atoms with Crippen molar-refractivity contribution in [2.75, 3.05) is 27.2 Å². The summed E-state index contributed by atoms with van der Waals surface area (Å²) in [5, 5.41) is 0. The second-order valence-electron chi connectivity index (χ2n) is 10.7. The summed E-state index contributed by atoms with van der Waals surface area (Å²) in [7, 11) is 3.73. The number of nitrogens with zero attached hydrogens (tertiary/aromatic N) is 2. The Labute approximate surface area is 236 Å². The van der Waals surface area contributed by atoms with E-state index in [1.54, 1.807) is 18.3 Å². The van der Waals surface area contributed by atoms with Crippen LogP contribution in [0, 0.1) is 17.2 Å². The molecule has 0 bridgehead atoms. The van der Waals surface area contributed by atoms with Gasteiger partial charge in [0.2, 0.25) is 0 Å². The van der Waals surface area contributed by atoms with Crippen LogP contribution in [0.4, 0.5) is 4.39 Å². The Kier molecular flexibility index (Phi) is 17.5. The molecule has 1 saturated heterocycles. The predicted molar refractivity (Wildman–Crippen MR) is 160 cm³/mol. The summed E-state index contributed by atoms with van der Waals surface area (Å²) in [5.41, 5.74) is 7.24. The summed E-state index contributed by atoms with van der Waals surface area (Å²) in [6.07, 6.45) is 17.2. The van der Waals surface area contributed by atoms with Crippen molar-refractivity contribution in [2.45, 2.75) is 97.3 Å². The number of aromatic amines is 1. The number of likely N-dealkylation sites (tertiary alicyclic amines) is 1. The number of halogens is 1. The summed E-state index contributed by atoms with van der Waals surface area (Å²) in [5.74, 6) is 1.91. The highest BCUT2D eigenvalue weighted by molar-refractivity contribution is 5.78. The first-order valence-electron chi connectivity index (χ1n) is 14.9. The number of carbonyl (C=O) groups excluding carboxylic acids is 2. The van der Waals surface area contributed by atoms with E-state index in [0.29, 0.717) is 11.7 Å². The highest BCUT2D eigenvalue weighted by atomic mass is 19.1. The lowest BCUT2D eigenvalue weighted by atomic mass is 9.94. The fourth-order valence-electron chi connectivity index (χ4n) is 4.75. The number of ketones is 1. The summed E-state index contributed by atoms with van der Waals surface area (Å²) < 4.78 is 12.9. The number of imidazole rings is 1. The largest absolute Gasteiger partial charge is 0.342 e. The van der Waals surface area contributed by atoms with Crippen molar-refractivity contribution in [3.05, 3.63) is 42.1 Å². The van der Waals surface area contributed by atoms with Gasteiger partial charge in [0, 0.05) is 19.3 Å². The van der Waals surface area contributed by atoms with E-state index in [4.69, 9.17) is 4.79 Å². The lowest BCUT2D eigenvalue weighted by molar-refractivity contribution is -0.119. The number of unbranched alkanes of at least 4 members (excludes halogenated alkanes) is 3. The van der Waals surface area contributed by atoms with E-state index in [1.807, 2.05) is 20.6 Å². The maximum Gasteiger partial charge on any atom is 0.133 e. The van der Waals surface area contributed by atoms with Crippen molar-refractivity contribution in [1.29, 1.82) is 0 Å². The molecule has 1 spiro atoms. The number of aryl methyl sites for hydroxylation is 1. The van der Waals surface area contributed by atoms with E-state index in [-0.39, 0.29) is 5.82 Å². The zero-order valence-corrected chi connectivity index (χ0v) is 24.9. The number of benzene rings is 1. The van der Waals surface area contributed by atoms with Crippen LogP contribution in [0.2, 0.25) is 0 Å². The number of aromatic nitrogens is 2. The van der Waals surface area contributed by atoms with Crippen LogP contribution in [-0.2, 0) is 16.0 Å². The Morgan fingerprint density at radius 2 is 1.62 bits per heavy atom. The molecule has 3 fully saturated rings. The minimum Gasteiger partial charge on any atom is -0.342 e. The van der Waals surface area contributed by atoms with Crippen molar-refractivity contribution in [3.8, 4) is 11.3 Å². The van der Waals surface area contributed by atoms with E-state index in [2.05, 4.69) is 27.6 Å². The molecular weight excluding hydrogens is 491 g/mol. The van der Waals surface area contributed by atoms with Gasteiger partial charge in [0.25, 0.3) is 0 Å². The Hall–Kier alpha value is -2.38. The van der Waals surface area contributed by atoms with E-state index in [1.165, 1.54) is 70.8 Å². The first-order chi connectivity index (χ1) is 19.0. The quantitative estimate of drug-likeness (QED) is 0.315. The summed E-state index contributed by atoms with van der Waals surface area (Å²) in [4.78, 5) is 29.8. The van der Waals surface area contributed by atoms with E-state index in [0.717, 1.165) is 67.4 Å². The molecule has 6 nitrogen and oxygen atoms in total. The molecule has 1 aromatic heterocycles. The molecule has 1 aliphatic heterocycles. The molecule has 7 heteroatoms. The summed E-state index contributed by atoms with van der Waals surface area (Å²) in [6, 6.07) is 6.43. The first-order valence-corrected chi connectivity index (χ1v) is 14.9. The zero-order chi connectivity index (χ0) is 29.1. The fraction of sp³-hybridized carbons (Fsp3) is 0.656. The van der Waals surface area contributed by atoms with Crippen molar-refractivity contribution in [1.82, 2.24) is 14.9 Å². The van der Waals surface area contributed by atoms with Crippen molar-refractivity contribution >= 4 is 12.6 Å². The number of hydrogen-bond acceptors (Lipinski definition) is 5. The Balaban J connectivity index is 0.000000419. The molecule has 1 aromatic carbocycles. The van der Waals surface area contributed by atoms with E-state index >= 15 is 0 Å². The van der Waals surface area contributed by atoms with E-state index in [9.17, 15) is 9.18 Å². The number of rotatable bonds is 10. The van der Waals surface area contributed by atoms with Gasteiger partial charge in [-0.1, -0.05) is 26.7 Å². The number of hydrogen-bond donors (Lipinski definition) is 2. The van der Waals surface area contributed by atoms with E-state index < -0.39 is 0 Å². The molecule has 39 heavy (non-hydrogen) atoms. The number of H-pyrrole nitrogens is 1. The van der Waals surface area contributed by atoms with Gasteiger partial charge in [-0.2, -0.15) is 0 Å². The Morgan fingerprint density at radius 3 is 2.18 bits per heavy atom. The lowest BCUT2D eigenvalue weighted by Crippen LogP contribution is -2.30. The maximum atomic E-state index is 12.9. The molecule has 2 heterocycles. The lowest BCUT2D eigenvalue weighted by Gasteiger charge is -2.28. The van der Waals surface area contributed by atoms with Gasteiger partial charge in [0.15, 0.2) is 0 Å². The van der Waals surface area contributed by atoms with Crippen LogP contribution in [0.1, 0.15) is 96.7 Å². The monoisotopic (exact) mass is 544 g/mol. The van der Waals surface area contributed by atoms with Gasteiger partial charge in [-0.05, 0) is 120 Å². The molecule has 0 radical (unpaired) electrons. The van der Waals surface area contributed by atoms with Gasteiger partial charge in [-0.25, -0.2) is 9.37 Å². The SMILES string of the molecule is C=O.CC.CN.CN1CCC2(CC1)CC2.O=C(CCCCCCc1ncc(-c2ccc(F)cc2)[nH]1)CC1CC1. The zero-order valence-electron chi connectivity index (χ0n) is 24.9. The van der Waals surface area contributed by atoms with Gasteiger partial charge < -0.3 is 20.4 Å². The first kappa shape index (κ1) is 34.6. The average Bonchev–Trinajstić information content (AvgIpc) is 3.91. The normalized spacial score (nSPS) is 16.7. The number of carbonyl (C=O) groups is 2. The maximum absolute atomic E-state index is 12.9. The van der Waals surface area contributed by atoms with Crippen LogP contribution in [-0.4, -0.2) is 54.6 Å². The van der Waals surface area contributed by atoms with Crippen LogP contribution >= 0.6 is 0 Å². The summed E-state index contributed by atoms with van der Waals surface area (Å²) in [6.45, 7) is 8.69. The third-order valence-corrected chi connectivity index (χ3v) is 7.62. The highest BCUT2D eigenvalue weighted by Gasteiger charge is 2.43. The fourth-order valence-corrected chi connectivity index (χ4v) is 4.75. The summed E-state index contributed by atoms with van der Waals surface area (Å²) >= 11 is 0. The number of Topliss-reactive ketones (excluding diaryl/α,β-unsaturated/α-hetero) is 1. The van der Waals surface area contributed by atoms with Crippen molar-refractivity contribution in [2.24, 2.45) is 17.1 Å². The standard InChI is InChI=1S/C20H25FN2O.C8H15N.C2H6.CH5N.CH2O/c21-17-11-9-16(10-12-17)19-14-22-20(23-19)6-4-2-1-3-5-18(24)13-15-7-8-15;1-9-6-4-8(2-3-8)5-7-9;3*1-2/h9-12,14-15H,1-8,13H2,(H,22,23);2-7H2,1H3;1-2H3;2H2,1H3;1H2. The molecule has 5 rings (SSSR count). The Morgan fingerprint density at radius 1 is 1.03 bits per heavy atom. The molecule has 2 aliphatic carbocycles. The Bertz CT molecular complexity index is 897. The predicted octanol–water partition coefficient (Wildman–Crippen LogP) is 6.99. The van der Waals surface area contributed by atoms with Crippen molar-refractivity contribution < 1.29 is 14.0 Å². The molecule has 3 N–H and O–H groups in total. The average molecular weight is 545 g/mol. The van der Waals surface area contributed by atoms with Gasteiger partial charge in [-0.15, -0.1) is 0 Å². The van der Waals surface area contributed by atoms with Crippen LogP contribution in [0.3, 0.4) is 0 Å². The number of nitrogens with one attached hydrogen (secondary N) is 1. The van der Waals surface area contributed by atoms with Crippen molar-refractivity contribution in [3.63, 3.8) is 0 Å². The molecular formula is C32H53FN4O2. The molecule has 2 saturated carbocycles. The number of piperidine rings is 1. The second kappa shape index (κ2) is 19.6. The van der Waals surface area contributed by atoms with Gasteiger partial charge in [-0.3, -0.25) is 4.79 Å². The topological polar surface area (TPSA) is 92.1 Å². The third kappa shape index (κ3) is 14.0. The molecule has 0 atom stereocenters. The minimum absolute atomic E-state index is 0.228. The molecule has 0 amide bonds. The molecule has 2 aromatic rings. The van der Waals surface area contributed by atoms with Gasteiger partial charge >= 0.3 is 0 Å². The third-order valence-electron chi connectivity index (χ3n) is 7.62. The number of nitrogens with two attached hydrogens (primary N) is 1. The minimum atomic E-state index is -0.228. The second-order valence-corrected chi connectivity index (χ2v) is 10.7. The van der Waals surface area contributed by atoms with Gasteiger partial charge in [0.1, 0.15) is 24.2 Å².